The first kappa shape index (κ1) is 22.8. The minimum atomic E-state index is -1.07. The van der Waals surface area contributed by atoms with Gasteiger partial charge in [-0.2, -0.15) is 10.2 Å². The van der Waals surface area contributed by atoms with Crippen molar-refractivity contribution < 1.29 is 19.8 Å². The molecule has 0 bridgehead atoms. The van der Waals surface area contributed by atoms with Gasteiger partial charge < -0.3 is 21.7 Å². The molecule has 0 fully saturated rings. The molecule has 0 aliphatic heterocycles. The number of aliphatic carboxylic acids is 2. The lowest BCUT2D eigenvalue weighted by Crippen LogP contribution is -2.32. The predicted octanol–water partition coefficient (Wildman–Crippen LogP) is 3.68. The highest BCUT2D eigenvalue weighted by molar-refractivity contribution is 5.75. The SMILES string of the molecule is NC(Cc1ccccc1N=Nc1ccc(-c2ccccc2CC(N)C(=O)O)cc1)C(=O)O. The molecule has 6 N–H and O–H groups in total. The monoisotopic (exact) mass is 432 g/mol. The van der Waals surface area contributed by atoms with E-state index in [1.54, 1.807) is 36.4 Å². The van der Waals surface area contributed by atoms with Crippen LogP contribution in [-0.2, 0) is 22.4 Å². The standard InChI is InChI=1S/C24H24N4O4/c25-20(23(29)30)13-16-5-1-3-7-19(16)15-9-11-18(12-10-15)27-28-22-8-4-2-6-17(22)14-21(26)24(31)32/h1-12,20-21H,13-14,25-26H2,(H,29,30)(H,31,32). The van der Waals surface area contributed by atoms with Crippen LogP contribution in [0.25, 0.3) is 11.1 Å². The number of nitrogens with zero attached hydrogens (tertiary/aromatic N) is 2. The van der Waals surface area contributed by atoms with E-state index in [4.69, 9.17) is 21.7 Å². The van der Waals surface area contributed by atoms with Crippen molar-refractivity contribution in [2.75, 3.05) is 0 Å². The molecule has 3 aromatic carbocycles. The van der Waals surface area contributed by atoms with Gasteiger partial charge in [-0.25, -0.2) is 0 Å². The molecule has 2 unspecified atom stereocenters. The van der Waals surface area contributed by atoms with Crippen molar-refractivity contribution in [3.05, 3.63) is 83.9 Å². The summed E-state index contributed by atoms with van der Waals surface area (Å²) in [6.45, 7) is 0. The van der Waals surface area contributed by atoms with E-state index in [2.05, 4.69) is 10.2 Å². The lowest BCUT2D eigenvalue weighted by molar-refractivity contribution is -0.139. The highest BCUT2D eigenvalue weighted by Gasteiger charge is 2.15. The topological polar surface area (TPSA) is 151 Å². The lowest BCUT2D eigenvalue weighted by atomic mass is 9.95. The van der Waals surface area contributed by atoms with Crippen LogP contribution in [0.4, 0.5) is 11.4 Å². The van der Waals surface area contributed by atoms with Crippen molar-refractivity contribution in [3.8, 4) is 11.1 Å². The Hall–Kier alpha value is -3.88. The van der Waals surface area contributed by atoms with Gasteiger partial charge in [-0.3, -0.25) is 9.59 Å². The van der Waals surface area contributed by atoms with Crippen LogP contribution in [0.15, 0.2) is 83.0 Å². The van der Waals surface area contributed by atoms with Gasteiger partial charge in [0.25, 0.3) is 0 Å². The molecule has 0 amide bonds. The Balaban J connectivity index is 1.79. The third-order valence-electron chi connectivity index (χ3n) is 4.97. The Bertz CT molecular complexity index is 1130. The minimum Gasteiger partial charge on any atom is -0.480 e. The molecular weight excluding hydrogens is 408 g/mol. The molecule has 0 saturated heterocycles. The third kappa shape index (κ3) is 5.84. The zero-order valence-electron chi connectivity index (χ0n) is 17.3. The number of azo groups is 1. The molecular formula is C24H24N4O4. The molecule has 164 valence electrons. The molecule has 3 aromatic rings. The fraction of sp³-hybridized carbons (Fsp3) is 0.167. The van der Waals surface area contributed by atoms with Gasteiger partial charge in [0.05, 0.1) is 11.4 Å². The highest BCUT2D eigenvalue weighted by Crippen LogP contribution is 2.28. The molecule has 0 aromatic heterocycles. The number of rotatable bonds is 9. The third-order valence-corrected chi connectivity index (χ3v) is 4.97. The van der Waals surface area contributed by atoms with Gasteiger partial charge in [0.15, 0.2) is 0 Å². The van der Waals surface area contributed by atoms with E-state index in [0.29, 0.717) is 16.9 Å². The van der Waals surface area contributed by atoms with Crippen molar-refractivity contribution >= 4 is 23.3 Å². The van der Waals surface area contributed by atoms with Gasteiger partial charge in [-0.1, -0.05) is 54.6 Å². The van der Waals surface area contributed by atoms with Crippen molar-refractivity contribution in [3.63, 3.8) is 0 Å². The van der Waals surface area contributed by atoms with Gasteiger partial charge in [0.1, 0.15) is 12.1 Å². The molecule has 0 spiro atoms. The Morgan fingerprint density at radius 2 is 1.25 bits per heavy atom. The quantitative estimate of drug-likeness (QED) is 0.379. The molecule has 3 rings (SSSR count). The van der Waals surface area contributed by atoms with E-state index >= 15 is 0 Å². The highest BCUT2D eigenvalue weighted by atomic mass is 16.4. The summed E-state index contributed by atoms with van der Waals surface area (Å²) in [6, 6.07) is 20.0. The van der Waals surface area contributed by atoms with Crippen LogP contribution < -0.4 is 11.5 Å². The maximum absolute atomic E-state index is 11.1. The molecule has 8 heteroatoms. The molecule has 8 nitrogen and oxygen atoms in total. The summed E-state index contributed by atoms with van der Waals surface area (Å²) in [5.74, 6) is -2.11. The molecule has 0 heterocycles. The molecule has 0 radical (unpaired) electrons. The fourth-order valence-corrected chi connectivity index (χ4v) is 3.23. The zero-order chi connectivity index (χ0) is 23.1. The smallest absolute Gasteiger partial charge is 0.320 e. The predicted molar refractivity (Wildman–Crippen MR) is 121 cm³/mol. The number of carboxylic acids is 2. The van der Waals surface area contributed by atoms with E-state index in [-0.39, 0.29) is 12.8 Å². The summed E-state index contributed by atoms with van der Waals surface area (Å²) in [5, 5.41) is 26.7. The summed E-state index contributed by atoms with van der Waals surface area (Å²) < 4.78 is 0. The number of hydrogen-bond acceptors (Lipinski definition) is 6. The van der Waals surface area contributed by atoms with Gasteiger partial charge in [-0.05, 0) is 46.9 Å². The summed E-state index contributed by atoms with van der Waals surface area (Å²) in [4.78, 5) is 22.2. The van der Waals surface area contributed by atoms with Gasteiger partial charge >= 0.3 is 11.9 Å². The fourth-order valence-electron chi connectivity index (χ4n) is 3.23. The van der Waals surface area contributed by atoms with E-state index in [9.17, 15) is 9.59 Å². The van der Waals surface area contributed by atoms with Crippen molar-refractivity contribution in [1.82, 2.24) is 0 Å². The Morgan fingerprint density at radius 1 is 0.719 bits per heavy atom. The zero-order valence-corrected chi connectivity index (χ0v) is 17.3. The number of hydrogen-bond donors (Lipinski definition) is 4. The van der Waals surface area contributed by atoms with E-state index in [1.807, 2.05) is 36.4 Å². The van der Waals surface area contributed by atoms with E-state index < -0.39 is 24.0 Å². The Kier molecular flexibility index (Phi) is 7.43. The summed E-state index contributed by atoms with van der Waals surface area (Å²) in [5.41, 5.74) is 15.9. The number of benzene rings is 3. The van der Waals surface area contributed by atoms with Crippen LogP contribution in [0, 0.1) is 0 Å². The minimum absolute atomic E-state index is 0.152. The maximum Gasteiger partial charge on any atom is 0.320 e. The summed E-state index contributed by atoms with van der Waals surface area (Å²) >= 11 is 0. The first-order valence-corrected chi connectivity index (χ1v) is 10.00. The second-order valence-electron chi connectivity index (χ2n) is 7.33. The average Bonchev–Trinajstić information content (AvgIpc) is 2.79. The average molecular weight is 432 g/mol. The van der Waals surface area contributed by atoms with Crippen LogP contribution in [-0.4, -0.2) is 34.2 Å². The second kappa shape index (κ2) is 10.4. The van der Waals surface area contributed by atoms with E-state index in [0.717, 1.165) is 16.7 Å². The Morgan fingerprint density at radius 3 is 1.88 bits per heavy atom. The first-order valence-electron chi connectivity index (χ1n) is 10.00. The second-order valence-corrected chi connectivity index (χ2v) is 7.33. The lowest BCUT2D eigenvalue weighted by Gasteiger charge is -2.12. The van der Waals surface area contributed by atoms with Crippen molar-refractivity contribution in [1.29, 1.82) is 0 Å². The maximum atomic E-state index is 11.1. The van der Waals surface area contributed by atoms with Gasteiger partial charge in [0.2, 0.25) is 0 Å². The molecule has 0 aliphatic rings. The number of carboxylic acid groups (broad SMARTS) is 2. The largest absolute Gasteiger partial charge is 0.480 e. The van der Waals surface area contributed by atoms with Gasteiger partial charge in [-0.15, -0.1) is 0 Å². The van der Waals surface area contributed by atoms with Gasteiger partial charge in [0, 0.05) is 6.42 Å². The molecule has 32 heavy (non-hydrogen) atoms. The molecule has 0 aliphatic carbocycles. The van der Waals surface area contributed by atoms with Crippen LogP contribution >= 0.6 is 0 Å². The Labute approximate surface area is 185 Å². The summed E-state index contributed by atoms with van der Waals surface area (Å²) in [6.07, 6.45) is 0.376. The first-order chi connectivity index (χ1) is 15.3. The van der Waals surface area contributed by atoms with E-state index in [1.165, 1.54) is 0 Å². The van der Waals surface area contributed by atoms with Crippen LogP contribution in [0.2, 0.25) is 0 Å². The summed E-state index contributed by atoms with van der Waals surface area (Å²) in [7, 11) is 0. The normalized spacial score (nSPS) is 13.1. The van der Waals surface area contributed by atoms with Crippen molar-refractivity contribution in [2.45, 2.75) is 24.9 Å². The molecule has 0 saturated carbocycles. The van der Waals surface area contributed by atoms with Crippen LogP contribution in [0.1, 0.15) is 11.1 Å². The number of carbonyl (C=O) groups is 2. The van der Waals surface area contributed by atoms with Crippen LogP contribution in [0.3, 0.4) is 0 Å². The van der Waals surface area contributed by atoms with Crippen molar-refractivity contribution in [2.24, 2.45) is 21.7 Å². The number of nitrogens with two attached hydrogens (primary N) is 2. The molecule has 2 atom stereocenters. The van der Waals surface area contributed by atoms with Crippen LogP contribution in [0.5, 0.6) is 0 Å².